The minimum atomic E-state index is -1.71. The van der Waals surface area contributed by atoms with Gasteiger partial charge in [-0.2, -0.15) is 0 Å². The standard InChI is InChI=1S/C28H22F2O3S/c1-31-19-15-13-18(14-16-19)28(32-2,33-3)24-22(17-9-5-4-6-10-17)23-20-11-7-8-12-21(20)34-27(23)26(30)25(24)29/h4-16H,1-3H3. The summed E-state index contributed by atoms with van der Waals surface area (Å²) >= 11 is 1.23. The molecule has 5 rings (SSSR count). The minimum Gasteiger partial charge on any atom is -0.497 e. The maximum absolute atomic E-state index is 16.2. The third kappa shape index (κ3) is 3.29. The highest BCUT2D eigenvalue weighted by Gasteiger charge is 2.42. The van der Waals surface area contributed by atoms with Crippen LogP contribution in [0.3, 0.4) is 0 Å². The molecular formula is C28H22F2O3S. The minimum absolute atomic E-state index is 0.0116. The predicted octanol–water partition coefficient (Wildman–Crippen LogP) is 7.50. The van der Waals surface area contributed by atoms with Gasteiger partial charge in [0, 0.05) is 40.8 Å². The van der Waals surface area contributed by atoms with Crippen LogP contribution in [0.2, 0.25) is 0 Å². The first-order chi connectivity index (χ1) is 16.6. The van der Waals surface area contributed by atoms with E-state index in [1.807, 2.05) is 54.6 Å². The summed E-state index contributed by atoms with van der Waals surface area (Å²) in [5.74, 6) is -3.01. The van der Waals surface area contributed by atoms with Crippen LogP contribution in [-0.2, 0) is 15.3 Å². The van der Waals surface area contributed by atoms with E-state index >= 15 is 8.78 Å². The molecule has 0 amide bonds. The molecule has 4 aromatic carbocycles. The molecule has 0 saturated carbocycles. The average molecular weight is 477 g/mol. The van der Waals surface area contributed by atoms with E-state index in [9.17, 15) is 0 Å². The Labute approximate surface area is 200 Å². The zero-order chi connectivity index (χ0) is 23.9. The van der Waals surface area contributed by atoms with E-state index in [4.69, 9.17) is 14.2 Å². The Hall–Kier alpha value is -3.32. The van der Waals surface area contributed by atoms with Crippen LogP contribution in [0.25, 0.3) is 31.3 Å². The molecule has 0 atom stereocenters. The molecule has 6 heteroatoms. The zero-order valence-electron chi connectivity index (χ0n) is 18.9. The first kappa shape index (κ1) is 22.5. The topological polar surface area (TPSA) is 27.7 Å². The predicted molar refractivity (Wildman–Crippen MR) is 132 cm³/mol. The van der Waals surface area contributed by atoms with E-state index in [2.05, 4.69) is 0 Å². The summed E-state index contributed by atoms with van der Waals surface area (Å²) in [4.78, 5) is 0. The number of fused-ring (bicyclic) bond motifs is 3. The van der Waals surface area contributed by atoms with E-state index in [1.54, 1.807) is 31.4 Å². The fraction of sp³-hybridized carbons (Fsp3) is 0.143. The van der Waals surface area contributed by atoms with Crippen LogP contribution in [-0.4, -0.2) is 21.3 Å². The van der Waals surface area contributed by atoms with Gasteiger partial charge in [-0.1, -0.05) is 48.5 Å². The fourth-order valence-corrected chi connectivity index (χ4v) is 5.71. The first-order valence-corrected chi connectivity index (χ1v) is 11.5. The second-order valence-corrected chi connectivity index (χ2v) is 8.85. The molecule has 1 heterocycles. The Morgan fingerprint density at radius 1 is 0.735 bits per heavy atom. The molecule has 0 spiro atoms. The highest BCUT2D eigenvalue weighted by molar-refractivity contribution is 7.26. The second-order valence-electron chi connectivity index (χ2n) is 7.80. The van der Waals surface area contributed by atoms with Crippen LogP contribution in [0, 0.1) is 11.6 Å². The lowest BCUT2D eigenvalue weighted by Gasteiger charge is -2.34. The average Bonchev–Trinajstić information content (AvgIpc) is 3.28. The van der Waals surface area contributed by atoms with Gasteiger partial charge in [0.25, 0.3) is 0 Å². The number of benzene rings is 4. The van der Waals surface area contributed by atoms with Crippen LogP contribution < -0.4 is 4.74 Å². The summed E-state index contributed by atoms with van der Waals surface area (Å²) in [6.45, 7) is 0. The lowest BCUT2D eigenvalue weighted by molar-refractivity contribution is -0.185. The third-order valence-corrected chi connectivity index (χ3v) is 7.31. The van der Waals surface area contributed by atoms with Gasteiger partial charge < -0.3 is 14.2 Å². The normalized spacial score (nSPS) is 11.9. The van der Waals surface area contributed by atoms with Crippen LogP contribution in [0.4, 0.5) is 8.78 Å². The molecule has 1 aromatic heterocycles. The summed E-state index contributed by atoms with van der Waals surface area (Å²) in [6.07, 6.45) is 0. The number of ether oxygens (including phenoxy) is 3. The van der Waals surface area contributed by atoms with Gasteiger partial charge >= 0.3 is 0 Å². The van der Waals surface area contributed by atoms with Crippen LogP contribution >= 0.6 is 11.3 Å². The number of halogens is 2. The Morgan fingerprint density at radius 3 is 2.03 bits per heavy atom. The smallest absolute Gasteiger partial charge is 0.225 e. The van der Waals surface area contributed by atoms with Crippen LogP contribution in [0.1, 0.15) is 11.1 Å². The fourth-order valence-electron chi connectivity index (χ4n) is 4.57. The van der Waals surface area contributed by atoms with Crippen molar-refractivity contribution in [2.75, 3.05) is 21.3 Å². The van der Waals surface area contributed by atoms with E-state index in [-0.39, 0.29) is 10.3 Å². The first-order valence-electron chi connectivity index (χ1n) is 10.7. The monoisotopic (exact) mass is 476 g/mol. The Balaban J connectivity index is 1.98. The molecule has 0 unspecified atom stereocenters. The summed E-state index contributed by atoms with van der Waals surface area (Å²) in [6, 6.07) is 23.9. The SMILES string of the molecule is COc1ccc(C(OC)(OC)c2c(F)c(F)c3sc4ccccc4c3c2-c2ccccc2)cc1. The molecule has 34 heavy (non-hydrogen) atoms. The van der Waals surface area contributed by atoms with Crippen molar-refractivity contribution >= 4 is 31.5 Å². The summed E-state index contributed by atoms with van der Waals surface area (Å²) in [5.41, 5.74) is 1.76. The Morgan fingerprint density at radius 2 is 1.38 bits per heavy atom. The molecule has 0 saturated heterocycles. The van der Waals surface area contributed by atoms with Gasteiger partial charge in [-0.15, -0.1) is 11.3 Å². The largest absolute Gasteiger partial charge is 0.497 e. The molecule has 0 aliphatic heterocycles. The number of hydrogen-bond acceptors (Lipinski definition) is 4. The van der Waals surface area contributed by atoms with Crippen LogP contribution in [0.15, 0.2) is 78.9 Å². The van der Waals surface area contributed by atoms with Crippen molar-refractivity contribution in [1.82, 2.24) is 0 Å². The quantitative estimate of drug-likeness (QED) is 0.238. The Bertz CT molecular complexity index is 1470. The Kier molecular flexibility index (Phi) is 5.81. The van der Waals surface area contributed by atoms with Crippen molar-refractivity contribution in [3.63, 3.8) is 0 Å². The number of rotatable bonds is 6. The second kappa shape index (κ2) is 8.80. The van der Waals surface area contributed by atoms with Crippen molar-refractivity contribution in [3.05, 3.63) is 102 Å². The molecule has 3 nitrogen and oxygen atoms in total. The van der Waals surface area contributed by atoms with E-state index in [0.29, 0.717) is 22.3 Å². The number of hydrogen-bond donors (Lipinski definition) is 0. The van der Waals surface area contributed by atoms with Crippen molar-refractivity contribution in [2.45, 2.75) is 5.79 Å². The molecule has 0 aliphatic carbocycles. The van der Waals surface area contributed by atoms with E-state index in [1.165, 1.54) is 25.6 Å². The van der Waals surface area contributed by atoms with Crippen molar-refractivity contribution in [1.29, 1.82) is 0 Å². The molecule has 0 fully saturated rings. The van der Waals surface area contributed by atoms with Gasteiger partial charge in [0.15, 0.2) is 11.6 Å². The lowest BCUT2D eigenvalue weighted by atomic mass is 9.86. The summed E-state index contributed by atoms with van der Waals surface area (Å²) in [7, 11) is 4.42. The van der Waals surface area contributed by atoms with Gasteiger partial charge in [-0.05, 0) is 35.9 Å². The highest BCUT2D eigenvalue weighted by atomic mass is 32.1. The van der Waals surface area contributed by atoms with E-state index < -0.39 is 17.4 Å². The lowest BCUT2D eigenvalue weighted by Crippen LogP contribution is -2.34. The third-order valence-electron chi connectivity index (χ3n) is 6.14. The maximum Gasteiger partial charge on any atom is 0.225 e. The number of thiophene rings is 1. The van der Waals surface area contributed by atoms with Crippen molar-refractivity contribution in [3.8, 4) is 16.9 Å². The van der Waals surface area contributed by atoms with Gasteiger partial charge in [0.2, 0.25) is 5.79 Å². The molecule has 172 valence electrons. The van der Waals surface area contributed by atoms with Crippen molar-refractivity contribution < 1.29 is 23.0 Å². The molecule has 0 bridgehead atoms. The zero-order valence-corrected chi connectivity index (χ0v) is 19.7. The maximum atomic E-state index is 16.2. The van der Waals surface area contributed by atoms with Crippen LogP contribution in [0.5, 0.6) is 5.75 Å². The van der Waals surface area contributed by atoms with E-state index in [0.717, 1.165) is 15.6 Å². The summed E-state index contributed by atoms with van der Waals surface area (Å²) < 4.78 is 50.1. The van der Waals surface area contributed by atoms with Gasteiger partial charge in [-0.3, -0.25) is 0 Å². The molecule has 0 radical (unpaired) electrons. The molecular weight excluding hydrogens is 454 g/mol. The summed E-state index contributed by atoms with van der Waals surface area (Å²) in [5, 5.41) is 1.48. The molecule has 0 N–H and O–H groups in total. The van der Waals surface area contributed by atoms with Crippen molar-refractivity contribution in [2.24, 2.45) is 0 Å². The van der Waals surface area contributed by atoms with Gasteiger partial charge in [0.1, 0.15) is 5.75 Å². The van der Waals surface area contributed by atoms with Gasteiger partial charge in [-0.25, -0.2) is 8.78 Å². The molecule has 0 aliphatic rings. The highest BCUT2D eigenvalue weighted by Crippen LogP contribution is 2.49. The van der Waals surface area contributed by atoms with Gasteiger partial charge in [0.05, 0.1) is 17.4 Å². The number of methoxy groups -OCH3 is 3. The molecule has 5 aromatic rings.